The molecule has 0 saturated heterocycles. The van der Waals surface area contributed by atoms with Crippen LogP contribution in [0.15, 0.2) is 47.8 Å². The van der Waals surface area contributed by atoms with Crippen LogP contribution in [0, 0.1) is 0 Å². The molecule has 0 aliphatic carbocycles. The second-order valence-corrected chi connectivity index (χ2v) is 3.32. The van der Waals surface area contributed by atoms with E-state index in [1.807, 2.05) is 30.3 Å². The van der Waals surface area contributed by atoms with Gasteiger partial charge in [0.2, 0.25) is 5.84 Å². The molecule has 17 heavy (non-hydrogen) atoms. The first kappa shape index (κ1) is 11.0. The number of hydrogen-bond acceptors (Lipinski definition) is 5. The lowest BCUT2D eigenvalue weighted by Crippen LogP contribution is -2.22. The zero-order chi connectivity index (χ0) is 12.1. The normalized spacial score (nSPS) is 11.2. The molecule has 0 atom stereocenters. The number of para-hydroxylation sites is 1. The van der Waals surface area contributed by atoms with Gasteiger partial charge >= 0.3 is 0 Å². The fourth-order valence-electron chi connectivity index (χ4n) is 1.24. The number of hydrogen-bond donors (Lipinski definition) is 1. The summed E-state index contributed by atoms with van der Waals surface area (Å²) in [6, 6.07) is 9.35. The molecule has 1 aromatic carbocycles. The molecule has 2 rings (SSSR count). The van der Waals surface area contributed by atoms with E-state index in [0.29, 0.717) is 0 Å². The van der Waals surface area contributed by atoms with Crippen LogP contribution in [0.25, 0.3) is 0 Å². The molecule has 6 heteroatoms. The lowest BCUT2D eigenvalue weighted by atomic mass is 10.3. The van der Waals surface area contributed by atoms with Crippen molar-refractivity contribution in [2.45, 2.75) is 6.92 Å². The molecule has 0 aliphatic heterocycles. The number of nitrogens with zero attached hydrogens (tertiary/aromatic N) is 4. The summed E-state index contributed by atoms with van der Waals surface area (Å²) in [6.45, 7) is 1.42. The molecule has 0 saturated carbocycles. The van der Waals surface area contributed by atoms with Crippen molar-refractivity contribution in [1.29, 1.82) is 0 Å². The quantitative estimate of drug-likeness (QED) is 0.486. The molecule has 6 nitrogen and oxygen atoms in total. The number of ketones is 1. The number of benzene rings is 1. The predicted octanol–water partition coefficient (Wildman–Crippen LogP) is 1.14. The Kier molecular flexibility index (Phi) is 3.25. The summed E-state index contributed by atoms with van der Waals surface area (Å²) in [4.78, 5) is 11.4. The molecule has 0 bridgehead atoms. The van der Waals surface area contributed by atoms with Gasteiger partial charge in [-0.3, -0.25) is 10.2 Å². The molecule has 0 spiro atoms. The first-order valence-corrected chi connectivity index (χ1v) is 5.04. The SMILES string of the molecule is CC(=O)/C(=N\Nc1ccccc1)n1ccnn1. The first-order valence-electron chi connectivity index (χ1n) is 5.04. The Labute approximate surface area is 98.0 Å². The number of Topliss-reactive ketones (excluding diaryl/α,β-unsaturated/α-hetero) is 1. The number of carbonyl (C=O) groups is 1. The Balaban J connectivity index is 2.21. The number of carbonyl (C=O) groups excluding carboxylic acids is 1. The second-order valence-electron chi connectivity index (χ2n) is 3.32. The minimum Gasteiger partial charge on any atom is -0.291 e. The molecule has 2 aromatic rings. The third-order valence-electron chi connectivity index (χ3n) is 2.02. The largest absolute Gasteiger partial charge is 0.291 e. The minimum absolute atomic E-state index is 0.186. The molecule has 1 aromatic heterocycles. The predicted molar refractivity (Wildman–Crippen MR) is 63.6 cm³/mol. The van der Waals surface area contributed by atoms with Crippen LogP contribution in [0.3, 0.4) is 0 Å². The molecule has 86 valence electrons. The molecule has 0 amide bonds. The molecule has 0 radical (unpaired) electrons. The summed E-state index contributed by atoms with van der Waals surface area (Å²) in [6.07, 6.45) is 3.05. The van der Waals surface area contributed by atoms with Crippen LogP contribution in [0.2, 0.25) is 0 Å². The fraction of sp³-hybridized carbons (Fsp3) is 0.0909. The van der Waals surface area contributed by atoms with E-state index in [1.54, 1.807) is 6.20 Å². The van der Waals surface area contributed by atoms with Crippen LogP contribution < -0.4 is 5.43 Å². The Hall–Kier alpha value is -2.50. The van der Waals surface area contributed by atoms with Gasteiger partial charge in [-0.15, -0.1) is 5.10 Å². The molecular weight excluding hydrogens is 218 g/mol. The van der Waals surface area contributed by atoms with E-state index >= 15 is 0 Å². The van der Waals surface area contributed by atoms with Crippen LogP contribution in [-0.4, -0.2) is 26.6 Å². The smallest absolute Gasteiger partial charge is 0.217 e. The fourth-order valence-corrected chi connectivity index (χ4v) is 1.24. The number of rotatable bonds is 3. The lowest BCUT2D eigenvalue weighted by Gasteiger charge is -2.03. The van der Waals surface area contributed by atoms with Gasteiger partial charge < -0.3 is 0 Å². The maximum absolute atomic E-state index is 11.4. The lowest BCUT2D eigenvalue weighted by molar-refractivity contribution is -0.111. The van der Waals surface area contributed by atoms with Gasteiger partial charge in [0.15, 0.2) is 5.78 Å². The van der Waals surface area contributed by atoms with Crippen molar-refractivity contribution in [3.8, 4) is 0 Å². The van der Waals surface area contributed by atoms with E-state index in [-0.39, 0.29) is 11.6 Å². The van der Waals surface area contributed by atoms with Gasteiger partial charge in [-0.2, -0.15) is 9.78 Å². The van der Waals surface area contributed by atoms with Crippen molar-refractivity contribution in [2.75, 3.05) is 5.43 Å². The average Bonchev–Trinajstić information content (AvgIpc) is 2.84. The minimum atomic E-state index is -0.195. The van der Waals surface area contributed by atoms with Crippen LogP contribution in [0.4, 0.5) is 5.69 Å². The van der Waals surface area contributed by atoms with Crippen molar-refractivity contribution in [1.82, 2.24) is 15.0 Å². The van der Waals surface area contributed by atoms with Gasteiger partial charge in [0.05, 0.1) is 18.1 Å². The van der Waals surface area contributed by atoms with Crippen LogP contribution in [0.1, 0.15) is 6.92 Å². The van der Waals surface area contributed by atoms with Crippen molar-refractivity contribution in [3.05, 3.63) is 42.7 Å². The maximum atomic E-state index is 11.4. The average molecular weight is 229 g/mol. The van der Waals surface area contributed by atoms with E-state index in [0.717, 1.165) is 5.69 Å². The summed E-state index contributed by atoms with van der Waals surface area (Å²) in [5.74, 6) is -0.00900. The van der Waals surface area contributed by atoms with Gasteiger partial charge in [-0.25, -0.2) is 0 Å². The number of hydrazone groups is 1. The monoisotopic (exact) mass is 229 g/mol. The molecule has 0 aliphatic rings. The highest BCUT2D eigenvalue weighted by Crippen LogP contribution is 2.04. The number of nitrogens with one attached hydrogen (secondary N) is 1. The number of anilines is 1. The Morgan fingerprint density at radius 3 is 2.71 bits per heavy atom. The Morgan fingerprint density at radius 2 is 2.12 bits per heavy atom. The zero-order valence-electron chi connectivity index (χ0n) is 9.24. The third kappa shape index (κ3) is 2.75. The van der Waals surface area contributed by atoms with Crippen LogP contribution in [0.5, 0.6) is 0 Å². The van der Waals surface area contributed by atoms with Gasteiger partial charge in [-0.1, -0.05) is 23.4 Å². The molecule has 1 N–H and O–H groups in total. The molecule has 0 unspecified atom stereocenters. The zero-order valence-corrected chi connectivity index (χ0v) is 9.24. The van der Waals surface area contributed by atoms with Crippen molar-refractivity contribution in [2.24, 2.45) is 5.10 Å². The maximum Gasteiger partial charge on any atom is 0.217 e. The highest BCUT2D eigenvalue weighted by Gasteiger charge is 2.09. The van der Waals surface area contributed by atoms with Gasteiger partial charge in [-0.05, 0) is 12.1 Å². The summed E-state index contributed by atoms with van der Waals surface area (Å²) >= 11 is 0. The van der Waals surface area contributed by atoms with Crippen molar-refractivity contribution >= 4 is 17.3 Å². The topological polar surface area (TPSA) is 72.2 Å². The summed E-state index contributed by atoms with van der Waals surface area (Å²) in [5.41, 5.74) is 3.59. The summed E-state index contributed by atoms with van der Waals surface area (Å²) in [7, 11) is 0. The van der Waals surface area contributed by atoms with E-state index in [9.17, 15) is 4.79 Å². The van der Waals surface area contributed by atoms with E-state index < -0.39 is 0 Å². The van der Waals surface area contributed by atoms with Crippen molar-refractivity contribution < 1.29 is 4.79 Å². The van der Waals surface area contributed by atoms with Gasteiger partial charge in [0.1, 0.15) is 0 Å². The Bertz CT molecular complexity index is 518. The number of aromatic nitrogens is 3. The molecule has 0 fully saturated rings. The van der Waals surface area contributed by atoms with E-state index in [4.69, 9.17) is 0 Å². The van der Waals surface area contributed by atoms with E-state index in [1.165, 1.54) is 17.8 Å². The van der Waals surface area contributed by atoms with Crippen LogP contribution >= 0.6 is 0 Å². The van der Waals surface area contributed by atoms with Crippen molar-refractivity contribution in [3.63, 3.8) is 0 Å². The van der Waals surface area contributed by atoms with Crippen LogP contribution in [-0.2, 0) is 4.79 Å². The highest BCUT2D eigenvalue weighted by atomic mass is 16.1. The summed E-state index contributed by atoms with van der Waals surface area (Å²) in [5, 5.41) is 11.4. The third-order valence-corrected chi connectivity index (χ3v) is 2.02. The standard InChI is InChI=1S/C11H11N5O/c1-9(17)11(16-8-7-12-15-16)14-13-10-5-3-2-4-6-10/h2-8,13H,1H3/b14-11+. The molecular formula is C11H11N5O. The summed E-state index contributed by atoms with van der Waals surface area (Å²) < 4.78 is 1.32. The molecule has 1 heterocycles. The van der Waals surface area contributed by atoms with Gasteiger partial charge in [0.25, 0.3) is 0 Å². The van der Waals surface area contributed by atoms with E-state index in [2.05, 4.69) is 20.8 Å². The second kappa shape index (κ2) is 5.02. The first-order chi connectivity index (χ1) is 8.27. The highest BCUT2D eigenvalue weighted by molar-refractivity contribution is 6.38. The Morgan fingerprint density at radius 1 is 1.35 bits per heavy atom. The van der Waals surface area contributed by atoms with Gasteiger partial charge in [0, 0.05) is 6.92 Å².